The maximum absolute atomic E-state index is 14.8. The molecule has 1 heterocycles. The summed E-state index contributed by atoms with van der Waals surface area (Å²) in [5.74, 6) is 3.57. The molecule has 48 heavy (non-hydrogen) atoms. The summed E-state index contributed by atoms with van der Waals surface area (Å²) in [7, 11) is 0. The summed E-state index contributed by atoms with van der Waals surface area (Å²) in [6.07, 6.45) is 14.9. The molecule has 6 saturated carbocycles. The summed E-state index contributed by atoms with van der Waals surface area (Å²) in [5, 5.41) is 3.73. The SMILES string of the molecule is C=C(C)[C@@H]1CC[C@]2(C(=O)NC3CCC(CN4CCOCC4)C3)CC[C@]3(C)[C@H](CC[C@@H]4[C@@]5(C)CC[C@H](OC(C)=O)C(C)(C)[C@@H]5CC[C@]43C)[C@@H]12. The van der Waals surface area contributed by atoms with Crippen LogP contribution in [-0.2, 0) is 19.1 Å². The molecule has 0 aromatic carbocycles. The van der Waals surface area contributed by atoms with Crippen LogP contribution in [0, 0.1) is 62.6 Å². The topological polar surface area (TPSA) is 67.9 Å². The normalized spacial score (nSPS) is 48.4. The highest BCUT2D eigenvalue weighted by Gasteiger charge is 2.72. The summed E-state index contributed by atoms with van der Waals surface area (Å²) in [4.78, 5) is 29.4. The summed E-state index contributed by atoms with van der Waals surface area (Å²) in [5.41, 5.74) is 1.74. The Morgan fingerprint density at radius 2 is 1.58 bits per heavy atom. The van der Waals surface area contributed by atoms with Crippen molar-refractivity contribution in [1.29, 1.82) is 0 Å². The number of morpholine rings is 1. The van der Waals surface area contributed by atoms with Crippen molar-refractivity contribution >= 4 is 11.9 Å². The lowest BCUT2D eigenvalue weighted by atomic mass is 9.32. The van der Waals surface area contributed by atoms with Crippen LogP contribution < -0.4 is 5.32 Å². The molecule has 0 radical (unpaired) electrons. The van der Waals surface area contributed by atoms with Gasteiger partial charge in [0.1, 0.15) is 6.10 Å². The molecule has 7 rings (SSSR count). The van der Waals surface area contributed by atoms with Gasteiger partial charge < -0.3 is 14.8 Å². The first-order valence-electron chi connectivity index (χ1n) is 20.1. The number of amides is 1. The van der Waals surface area contributed by atoms with Crippen LogP contribution in [0.2, 0.25) is 0 Å². The zero-order valence-corrected chi connectivity index (χ0v) is 31.6. The molecule has 1 aliphatic heterocycles. The Bertz CT molecular complexity index is 1270. The average Bonchev–Trinajstić information content (AvgIpc) is 3.64. The van der Waals surface area contributed by atoms with E-state index in [2.05, 4.69) is 58.3 Å². The van der Waals surface area contributed by atoms with Gasteiger partial charge in [-0.2, -0.15) is 0 Å². The minimum atomic E-state index is -0.246. The Morgan fingerprint density at radius 3 is 2.29 bits per heavy atom. The van der Waals surface area contributed by atoms with Gasteiger partial charge in [-0.1, -0.05) is 46.8 Å². The minimum Gasteiger partial charge on any atom is -0.462 e. The van der Waals surface area contributed by atoms with Gasteiger partial charge in [0, 0.05) is 38.0 Å². The number of nitrogens with one attached hydrogen (secondary N) is 1. The van der Waals surface area contributed by atoms with E-state index in [1.807, 2.05) is 0 Å². The van der Waals surface area contributed by atoms with Crippen molar-refractivity contribution in [1.82, 2.24) is 10.2 Å². The Kier molecular flexibility index (Phi) is 9.03. The second-order valence-corrected chi connectivity index (χ2v) is 19.6. The van der Waals surface area contributed by atoms with Crippen molar-refractivity contribution in [2.24, 2.45) is 62.6 Å². The molecule has 1 amide bonds. The molecule has 6 heteroatoms. The molecule has 7 aliphatic rings. The fourth-order valence-corrected chi connectivity index (χ4v) is 14.8. The van der Waals surface area contributed by atoms with E-state index in [4.69, 9.17) is 9.47 Å². The van der Waals surface area contributed by atoms with E-state index in [0.29, 0.717) is 47.5 Å². The number of hydrogen-bond donors (Lipinski definition) is 1. The molecule has 270 valence electrons. The van der Waals surface area contributed by atoms with E-state index in [-0.39, 0.29) is 39.1 Å². The molecule has 0 bridgehead atoms. The van der Waals surface area contributed by atoms with Gasteiger partial charge in [0.05, 0.1) is 18.6 Å². The summed E-state index contributed by atoms with van der Waals surface area (Å²) < 4.78 is 11.6. The van der Waals surface area contributed by atoms with E-state index >= 15 is 0 Å². The van der Waals surface area contributed by atoms with E-state index in [1.54, 1.807) is 6.92 Å². The molecule has 6 aliphatic carbocycles. The van der Waals surface area contributed by atoms with Gasteiger partial charge in [-0.25, -0.2) is 0 Å². The predicted molar refractivity (Wildman–Crippen MR) is 191 cm³/mol. The fourth-order valence-electron chi connectivity index (χ4n) is 14.8. The minimum absolute atomic E-state index is 0.0162. The van der Waals surface area contributed by atoms with Crippen molar-refractivity contribution in [2.75, 3.05) is 32.8 Å². The highest BCUT2D eigenvalue weighted by atomic mass is 16.5. The molecule has 7 fully saturated rings. The molecular formula is C42H68N2O4. The molecule has 6 nitrogen and oxygen atoms in total. The van der Waals surface area contributed by atoms with Gasteiger partial charge in [-0.15, -0.1) is 0 Å². The first-order valence-corrected chi connectivity index (χ1v) is 20.1. The number of allylic oxidation sites excluding steroid dienone is 1. The monoisotopic (exact) mass is 665 g/mol. The van der Waals surface area contributed by atoms with Crippen molar-refractivity contribution in [3.63, 3.8) is 0 Å². The first kappa shape index (κ1) is 35.0. The van der Waals surface area contributed by atoms with Gasteiger partial charge in [0.25, 0.3) is 0 Å². The number of carbonyl (C=O) groups excluding carboxylic acids is 2. The lowest BCUT2D eigenvalue weighted by Gasteiger charge is -2.72. The maximum Gasteiger partial charge on any atom is 0.302 e. The van der Waals surface area contributed by atoms with Crippen LogP contribution in [0.5, 0.6) is 0 Å². The van der Waals surface area contributed by atoms with E-state index in [0.717, 1.165) is 77.8 Å². The molecule has 0 spiro atoms. The molecular weight excluding hydrogens is 596 g/mol. The van der Waals surface area contributed by atoms with Crippen LogP contribution in [0.25, 0.3) is 0 Å². The van der Waals surface area contributed by atoms with Crippen LogP contribution >= 0.6 is 0 Å². The first-order chi connectivity index (χ1) is 22.7. The number of fused-ring (bicyclic) bond motifs is 7. The number of esters is 1. The molecule has 0 aromatic heterocycles. The zero-order chi connectivity index (χ0) is 34.3. The van der Waals surface area contributed by atoms with Crippen LogP contribution in [0.15, 0.2) is 12.2 Å². The Hall–Kier alpha value is -1.40. The van der Waals surface area contributed by atoms with Crippen LogP contribution in [0.4, 0.5) is 0 Å². The van der Waals surface area contributed by atoms with E-state index < -0.39 is 0 Å². The summed E-state index contributed by atoms with van der Waals surface area (Å²) in [6.45, 7) is 26.1. The van der Waals surface area contributed by atoms with Crippen molar-refractivity contribution in [3.8, 4) is 0 Å². The number of rotatable bonds is 6. The van der Waals surface area contributed by atoms with Crippen molar-refractivity contribution in [3.05, 3.63) is 12.2 Å². The highest BCUT2D eigenvalue weighted by Crippen LogP contribution is 2.77. The lowest BCUT2D eigenvalue weighted by Crippen LogP contribution is -2.67. The fraction of sp³-hybridized carbons (Fsp3) is 0.905. The second-order valence-electron chi connectivity index (χ2n) is 19.6. The third-order valence-electron chi connectivity index (χ3n) is 17.3. The van der Waals surface area contributed by atoms with E-state index in [1.165, 1.54) is 44.1 Å². The zero-order valence-electron chi connectivity index (χ0n) is 31.6. The lowest BCUT2D eigenvalue weighted by molar-refractivity contribution is -0.248. The quantitative estimate of drug-likeness (QED) is 0.229. The summed E-state index contributed by atoms with van der Waals surface area (Å²) >= 11 is 0. The Morgan fingerprint density at radius 1 is 0.833 bits per heavy atom. The van der Waals surface area contributed by atoms with Gasteiger partial charge in [0.15, 0.2) is 0 Å². The average molecular weight is 665 g/mol. The van der Waals surface area contributed by atoms with Gasteiger partial charge in [0.2, 0.25) is 5.91 Å². The summed E-state index contributed by atoms with van der Waals surface area (Å²) in [6, 6.07) is 0.324. The van der Waals surface area contributed by atoms with Crippen LogP contribution in [0.3, 0.4) is 0 Å². The Balaban J connectivity index is 1.12. The number of nitrogens with zero attached hydrogens (tertiary/aromatic N) is 1. The second kappa shape index (κ2) is 12.4. The molecule has 12 atom stereocenters. The van der Waals surface area contributed by atoms with Crippen molar-refractivity contribution in [2.45, 2.75) is 144 Å². The third kappa shape index (κ3) is 5.29. The van der Waals surface area contributed by atoms with Gasteiger partial charge >= 0.3 is 5.97 Å². The van der Waals surface area contributed by atoms with Crippen LogP contribution in [-0.4, -0.2) is 61.8 Å². The van der Waals surface area contributed by atoms with Crippen molar-refractivity contribution < 1.29 is 19.1 Å². The largest absolute Gasteiger partial charge is 0.462 e. The predicted octanol–water partition coefficient (Wildman–Crippen LogP) is 8.19. The molecule has 1 N–H and O–H groups in total. The number of hydrogen-bond acceptors (Lipinski definition) is 5. The molecule has 0 aromatic rings. The molecule has 1 saturated heterocycles. The maximum atomic E-state index is 14.8. The molecule has 2 unspecified atom stereocenters. The number of ether oxygens (including phenoxy) is 2. The van der Waals surface area contributed by atoms with Crippen LogP contribution in [0.1, 0.15) is 132 Å². The standard InChI is InChI=1S/C42H68N2O4/c1-27(2)31-13-18-42(37(46)43-30-10-9-29(25-30)26-44-21-23-47-24-22-44)20-19-40(7)32(36(31)42)11-12-34-39(6)16-15-35(48-28(3)45)38(4,5)33(39)14-17-41(34,40)8/h29-36H,1,9-26H2,2-8H3,(H,43,46)/t29?,30?,31-,32+,33-,34+,35-,36+,39-,40+,41+,42-/m0/s1. The Labute approximate surface area is 292 Å². The smallest absolute Gasteiger partial charge is 0.302 e. The van der Waals surface area contributed by atoms with Gasteiger partial charge in [-0.05, 0) is 142 Å². The third-order valence-corrected chi connectivity index (χ3v) is 17.3. The number of carbonyl (C=O) groups is 2. The van der Waals surface area contributed by atoms with E-state index in [9.17, 15) is 9.59 Å². The highest BCUT2D eigenvalue weighted by molar-refractivity contribution is 5.84. The van der Waals surface area contributed by atoms with Gasteiger partial charge in [-0.3, -0.25) is 14.5 Å².